The minimum absolute atomic E-state index is 0.0874. The van der Waals surface area contributed by atoms with E-state index >= 15 is 0 Å². The maximum absolute atomic E-state index is 12.6. The van der Waals surface area contributed by atoms with E-state index in [0.29, 0.717) is 63.8 Å². The van der Waals surface area contributed by atoms with Gasteiger partial charge in [0.15, 0.2) is 0 Å². The van der Waals surface area contributed by atoms with Crippen LogP contribution in [0.5, 0.6) is 5.75 Å². The molecule has 0 aromatic heterocycles. The first kappa shape index (κ1) is 58.9. The van der Waals surface area contributed by atoms with Crippen LogP contribution in [0.25, 0.3) is 0 Å². The predicted octanol–water partition coefficient (Wildman–Crippen LogP) is 1.66. The maximum atomic E-state index is 12.6. The van der Waals surface area contributed by atoms with E-state index in [2.05, 4.69) is 26.6 Å². The Hall–Kier alpha value is -6.16. The number of ether oxygens (including phenoxy) is 1. The number of carboxylic acid groups (broad SMARTS) is 4. The number of aromatic carboxylic acids is 1. The first-order valence-electron chi connectivity index (χ1n) is 22.9. The van der Waals surface area contributed by atoms with Crippen molar-refractivity contribution in [2.75, 3.05) is 19.7 Å². The summed E-state index contributed by atoms with van der Waals surface area (Å²) in [5.41, 5.74) is 11.6. The number of carboxylic acids is 4. The van der Waals surface area contributed by atoms with Crippen LogP contribution in [-0.4, -0.2) is 130 Å². The topological polar surface area (TPSA) is 373 Å². The van der Waals surface area contributed by atoms with E-state index in [-0.39, 0.29) is 43.7 Å². The summed E-state index contributed by atoms with van der Waals surface area (Å²) in [5, 5.41) is 49.9. The number of hydrogen-bond donors (Lipinski definition) is 11. The second-order valence-corrected chi connectivity index (χ2v) is 16.2. The van der Waals surface area contributed by atoms with Gasteiger partial charge in [-0.15, -0.1) is 0 Å². The van der Waals surface area contributed by atoms with E-state index in [1.807, 2.05) is 0 Å². The van der Waals surface area contributed by atoms with Crippen LogP contribution in [0.15, 0.2) is 24.3 Å². The van der Waals surface area contributed by atoms with Crippen molar-refractivity contribution in [2.45, 2.75) is 165 Å². The van der Waals surface area contributed by atoms with Crippen molar-refractivity contribution in [3.63, 3.8) is 0 Å². The molecule has 0 unspecified atom stereocenters. The van der Waals surface area contributed by atoms with Gasteiger partial charge < -0.3 is 63.2 Å². The number of rotatable bonds is 40. The van der Waals surface area contributed by atoms with E-state index < -0.39 is 97.0 Å². The molecule has 22 heteroatoms. The summed E-state index contributed by atoms with van der Waals surface area (Å²) in [5.74, 6) is -7.65. The molecule has 0 saturated carbocycles. The predicted molar refractivity (Wildman–Crippen MR) is 242 cm³/mol. The van der Waals surface area contributed by atoms with E-state index in [1.165, 1.54) is 12.1 Å². The summed E-state index contributed by atoms with van der Waals surface area (Å²) >= 11 is 0. The minimum atomic E-state index is -1.57. The Morgan fingerprint density at radius 1 is 0.507 bits per heavy atom. The third-order valence-corrected chi connectivity index (χ3v) is 10.5. The molecule has 5 atom stereocenters. The zero-order chi connectivity index (χ0) is 50.0. The standard InChI is InChI=1S/C45H70N7O15/c46-31(29-53)13-8-10-27-49-41(58)33(47)14-9-11-26-48-37(54)23-20-34(43(61)62)51-39(56)25-22-36(45(65)66)52-40(57)24-21-35(44(63)64)50-38(55)15-7-5-3-1-2-4-6-12-28-67-32-18-16-30(17-19-32)42(59)60/h16-19,31,33-36H,1-15,20-28,46-47H2,(H,48,54)(H,49,58)(H,50,55)(H,51,56)(H,52,57)(H,59,60)(H,61,62)(H,63,64)(H,65,66)/t31-,33-,34-,35-,36-/m0/s1. The Morgan fingerprint density at radius 2 is 0.940 bits per heavy atom. The van der Waals surface area contributed by atoms with Crippen molar-refractivity contribution in [1.29, 1.82) is 0 Å². The molecule has 0 fully saturated rings. The van der Waals surface area contributed by atoms with Crippen LogP contribution in [-0.2, 0) is 43.2 Å². The van der Waals surface area contributed by atoms with Crippen LogP contribution in [0.4, 0.5) is 0 Å². The number of nitrogens with one attached hydrogen (secondary N) is 5. The lowest BCUT2D eigenvalue weighted by atomic mass is 10.1. The molecule has 0 bridgehead atoms. The molecule has 1 radical (unpaired) electrons. The van der Waals surface area contributed by atoms with Gasteiger partial charge in [0.2, 0.25) is 35.8 Å². The largest absolute Gasteiger partial charge is 0.494 e. The van der Waals surface area contributed by atoms with Crippen LogP contribution in [0.1, 0.15) is 145 Å². The summed E-state index contributed by atoms with van der Waals surface area (Å²) in [6.07, 6.45) is 9.66. The number of unbranched alkanes of at least 4 members (excludes halogenated alkanes) is 9. The first-order valence-corrected chi connectivity index (χ1v) is 22.9. The average molecular weight is 949 g/mol. The molecular weight excluding hydrogens is 879 g/mol. The summed E-state index contributed by atoms with van der Waals surface area (Å²) < 4.78 is 5.63. The van der Waals surface area contributed by atoms with Crippen molar-refractivity contribution in [3.8, 4) is 5.75 Å². The van der Waals surface area contributed by atoms with Gasteiger partial charge in [0.1, 0.15) is 23.9 Å². The Balaban J connectivity index is 2.28. The molecule has 375 valence electrons. The lowest BCUT2D eigenvalue weighted by Gasteiger charge is -2.18. The van der Waals surface area contributed by atoms with Crippen molar-refractivity contribution >= 4 is 59.7 Å². The summed E-state index contributed by atoms with van der Waals surface area (Å²) in [6.45, 7) is 1.15. The highest BCUT2D eigenvalue weighted by Crippen LogP contribution is 2.15. The number of aliphatic carboxylic acids is 3. The van der Waals surface area contributed by atoms with Crippen molar-refractivity contribution in [2.24, 2.45) is 11.5 Å². The molecule has 0 aliphatic carbocycles. The molecule has 0 aliphatic rings. The molecule has 1 rings (SSSR count). The zero-order valence-electron chi connectivity index (χ0n) is 38.1. The van der Waals surface area contributed by atoms with E-state index in [0.717, 1.165) is 44.9 Å². The molecule has 0 saturated heterocycles. The monoisotopic (exact) mass is 948 g/mol. The molecule has 67 heavy (non-hydrogen) atoms. The number of nitrogens with two attached hydrogens (primary N) is 2. The number of amides is 5. The van der Waals surface area contributed by atoms with Gasteiger partial charge in [-0.1, -0.05) is 38.5 Å². The normalized spacial score (nSPS) is 13.1. The Morgan fingerprint density at radius 3 is 1.42 bits per heavy atom. The van der Waals surface area contributed by atoms with Crippen LogP contribution in [0.3, 0.4) is 0 Å². The van der Waals surface area contributed by atoms with Gasteiger partial charge in [-0.3, -0.25) is 28.8 Å². The molecule has 5 amide bonds. The van der Waals surface area contributed by atoms with Crippen molar-refractivity contribution < 1.29 is 73.1 Å². The second-order valence-electron chi connectivity index (χ2n) is 16.2. The fraction of sp³-hybridized carbons (Fsp3) is 0.644. The quantitative estimate of drug-likeness (QED) is 0.0417. The average Bonchev–Trinajstić information content (AvgIpc) is 3.28. The Labute approximate surface area is 390 Å². The molecule has 13 N–H and O–H groups in total. The van der Waals surface area contributed by atoms with Crippen molar-refractivity contribution in [3.05, 3.63) is 29.8 Å². The Kier molecular flexibility index (Phi) is 30.8. The van der Waals surface area contributed by atoms with Gasteiger partial charge in [-0.25, -0.2) is 19.2 Å². The molecule has 1 aromatic carbocycles. The molecule has 0 heterocycles. The third-order valence-electron chi connectivity index (χ3n) is 10.5. The molecular formula is C45H70N7O15. The van der Waals surface area contributed by atoms with Crippen LogP contribution < -0.4 is 42.8 Å². The van der Waals surface area contributed by atoms with E-state index in [1.54, 1.807) is 18.4 Å². The maximum Gasteiger partial charge on any atom is 0.335 e. The Bertz CT molecular complexity index is 1730. The van der Waals surface area contributed by atoms with Crippen LogP contribution in [0.2, 0.25) is 0 Å². The molecule has 22 nitrogen and oxygen atoms in total. The molecule has 0 spiro atoms. The number of benzene rings is 1. The summed E-state index contributed by atoms with van der Waals surface area (Å²) in [4.78, 5) is 119. The number of carbonyl (C=O) groups excluding carboxylic acids is 6. The number of hydrogen-bond acceptors (Lipinski definition) is 13. The zero-order valence-corrected chi connectivity index (χ0v) is 38.1. The fourth-order valence-electron chi connectivity index (χ4n) is 6.56. The second kappa shape index (κ2) is 35.1. The minimum Gasteiger partial charge on any atom is -0.494 e. The van der Waals surface area contributed by atoms with E-state index in [9.17, 15) is 63.3 Å². The van der Waals surface area contributed by atoms with Gasteiger partial charge in [0.25, 0.3) is 0 Å². The SMILES string of the molecule is N[C@H]([C]=O)CCCCNC(=O)[C@@H](N)CCCCNC(=O)CC[C@H](NC(=O)CC[C@H](NC(=O)CC[C@H](NC(=O)CCCCCCCCCCOc1ccc(C(=O)O)cc1)C(=O)O)C(=O)O)C(=O)O. The van der Waals surface area contributed by atoms with Gasteiger partial charge in [0, 0.05) is 38.8 Å². The van der Waals surface area contributed by atoms with E-state index in [4.69, 9.17) is 21.3 Å². The summed E-state index contributed by atoms with van der Waals surface area (Å²) in [6, 6.07) is 0.397. The van der Waals surface area contributed by atoms with Crippen LogP contribution >= 0.6 is 0 Å². The van der Waals surface area contributed by atoms with Crippen LogP contribution in [0, 0.1) is 0 Å². The molecule has 1 aromatic rings. The highest BCUT2D eigenvalue weighted by molar-refractivity contribution is 5.88. The lowest BCUT2D eigenvalue weighted by Crippen LogP contribution is -2.45. The van der Waals surface area contributed by atoms with Gasteiger partial charge in [0.05, 0.1) is 24.3 Å². The highest BCUT2D eigenvalue weighted by Gasteiger charge is 2.26. The van der Waals surface area contributed by atoms with Gasteiger partial charge >= 0.3 is 23.9 Å². The summed E-state index contributed by atoms with van der Waals surface area (Å²) in [7, 11) is 0. The van der Waals surface area contributed by atoms with Crippen molar-refractivity contribution in [1.82, 2.24) is 26.6 Å². The lowest BCUT2D eigenvalue weighted by molar-refractivity contribution is -0.144. The smallest absolute Gasteiger partial charge is 0.335 e. The number of carbonyl (C=O) groups is 9. The van der Waals surface area contributed by atoms with Gasteiger partial charge in [-0.05, 0) is 94.9 Å². The highest BCUT2D eigenvalue weighted by atomic mass is 16.5. The third kappa shape index (κ3) is 29.2. The first-order chi connectivity index (χ1) is 31.9. The molecule has 0 aliphatic heterocycles. The van der Waals surface area contributed by atoms with Gasteiger partial charge in [-0.2, -0.15) is 0 Å². The fourth-order valence-corrected chi connectivity index (χ4v) is 6.56.